The van der Waals surface area contributed by atoms with E-state index in [9.17, 15) is 14.9 Å². The summed E-state index contributed by atoms with van der Waals surface area (Å²) in [6, 6.07) is 8.68. The van der Waals surface area contributed by atoms with Crippen LogP contribution in [-0.2, 0) is 0 Å². The van der Waals surface area contributed by atoms with Gasteiger partial charge in [-0.25, -0.2) is 4.98 Å². The molecule has 6 nitrogen and oxygen atoms in total. The van der Waals surface area contributed by atoms with E-state index in [1.165, 1.54) is 24.3 Å². The first-order valence-corrected chi connectivity index (χ1v) is 6.04. The zero-order valence-corrected chi connectivity index (χ0v) is 11.2. The van der Waals surface area contributed by atoms with Crippen molar-refractivity contribution in [3.63, 3.8) is 0 Å². The molecular weight excluding hydrogens is 282 g/mol. The SMILES string of the molecule is Cc1nc(Cl)ccc1NC(=O)c1cccc([N+](=O)[O-])c1. The van der Waals surface area contributed by atoms with Gasteiger partial charge in [0.25, 0.3) is 11.6 Å². The summed E-state index contributed by atoms with van der Waals surface area (Å²) in [5, 5.41) is 13.6. The van der Waals surface area contributed by atoms with Gasteiger partial charge in [0.15, 0.2) is 0 Å². The number of aromatic nitrogens is 1. The number of carbonyl (C=O) groups is 1. The number of hydrogen-bond acceptors (Lipinski definition) is 4. The van der Waals surface area contributed by atoms with Crippen LogP contribution >= 0.6 is 11.6 Å². The van der Waals surface area contributed by atoms with E-state index in [4.69, 9.17) is 11.6 Å². The van der Waals surface area contributed by atoms with Crippen molar-refractivity contribution < 1.29 is 9.72 Å². The van der Waals surface area contributed by atoms with Gasteiger partial charge in [0, 0.05) is 17.7 Å². The number of aryl methyl sites for hydroxylation is 1. The highest BCUT2D eigenvalue weighted by Gasteiger charge is 2.12. The third kappa shape index (κ3) is 3.10. The lowest BCUT2D eigenvalue weighted by molar-refractivity contribution is -0.384. The summed E-state index contributed by atoms with van der Waals surface area (Å²) in [5.74, 6) is -0.444. The first kappa shape index (κ1) is 14.0. The molecule has 1 heterocycles. The Labute approximate surface area is 119 Å². The highest BCUT2D eigenvalue weighted by Crippen LogP contribution is 2.18. The van der Waals surface area contributed by atoms with Crippen LogP contribution < -0.4 is 5.32 Å². The van der Waals surface area contributed by atoms with Gasteiger partial charge in [0.2, 0.25) is 0 Å². The standard InChI is InChI=1S/C13H10ClN3O3/c1-8-11(5-6-12(14)15-8)16-13(18)9-3-2-4-10(7-9)17(19)20/h2-7H,1H3,(H,16,18). The molecule has 0 saturated heterocycles. The Morgan fingerprint density at radius 2 is 2.10 bits per heavy atom. The average Bonchev–Trinajstić information content (AvgIpc) is 2.42. The summed E-state index contributed by atoms with van der Waals surface area (Å²) in [5.41, 5.74) is 1.14. The smallest absolute Gasteiger partial charge is 0.270 e. The molecule has 0 saturated carbocycles. The van der Waals surface area contributed by atoms with Crippen molar-refractivity contribution in [2.24, 2.45) is 0 Å². The summed E-state index contributed by atoms with van der Waals surface area (Å²) in [4.78, 5) is 26.2. The first-order valence-electron chi connectivity index (χ1n) is 5.66. The summed E-state index contributed by atoms with van der Waals surface area (Å²) in [7, 11) is 0. The molecule has 1 aromatic carbocycles. The predicted molar refractivity (Wildman–Crippen MR) is 75.0 cm³/mol. The number of rotatable bonds is 3. The lowest BCUT2D eigenvalue weighted by atomic mass is 10.2. The van der Waals surface area contributed by atoms with Gasteiger partial charge in [-0.2, -0.15) is 0 Å². The fourth-order valence-corrected chi connectivity index (χ4v) is 1.81. The van der Waals surface area contributed by atoms with Crippen molar-refractivity contribution in [3.8, 4) is 0 Å². The maximum Gasteiger partial charge on any atom is 0.270 e. The van der Waals surface area contributed by atoms with Crippen LogP contribution in [0.3, 0.4) is 0 Å². The molecule has 0 aliphatic rings. The van der Waals surface area contributed by atoms with Crippen LogP contribution in [0.1, 0.15) is 16.1 Å². The van der Waals surface area contributed by atoms with E-state index >= 15 is 0 Å². The molecule has 1 aromatic heterocycles. The molecule has 0 spiro atoms. The van der Waals surface area contributed by atoms with Crippen LogP contribution in [-0.4, -0.2) is 15.8 Å². The number of amides is 1. The van der Waals surface area contributed by atoms with E-state index in [-0.39, 0.29) is 11.3 Å². The van der Waals surface area contributed by atoms with E-state index in [1.54, 1.807) is 19.1 Å². The van der Waals surface area contributed by atoms with Crippen molar-refractivity contribution in [2.45, 2.75) is 6.92 Å². The highest BCUT2D eigenvalue weighted by atomic mass is 35.5. The lowest BCUT2D eigenvalue weighted by Gasteiger charge is -2.07. The molecule has 0 unspecified atom stereocenters. The normalized spacial score (nSPS) is 10.1. The maximum absolute atomic E-state index is 12.0. The fraction of sp³-hybridized carbons (Fsp3) is 0.0769. The number of nitrogens with zero attached hydrogens (tertiary/aromatic N) is 2. The molecule has 0 bridgehead atoms. The third-order valence-electron chi connectivity index (χ3n) is 2.62. The molecule has 0 aliphatic carbocycles. The molecule has 0 fully saturated rings. The van der Waals surface area contributed by atoms with Crippen molar-refractivity contribution >= 4 is 28.9 Å². The first-order chi connectivity index (χ1) is 9.47. The average molecular weight is 292 g/mol. The van der Waals surface area contributed by atoms with Gasteiger partial charge in [-0.05, 0) is 25.1 Å². The lowest BCUT2D eigenvalue weighted by Crippen LogP contribution is -2.13. The fourth-order valence-electron chi connectivity index (χ4n) is 1.62. The Kier molecular flexibility index (Phi) is 3.95. The summed E-state index contributed by atoms with van der Waals surface area (Å²) in [6.07, 6.45) is 0. The Balaban J connectivity index is 2.24. The van der Waals surface area contributed by atoms with Crippen molar-refractivity contribution in [2.75, 3.05) is 5.32 Å². The van der Waals surface area contributed by atoms with Crippen LogP contribution in [0.5, 0.6) is 0 Å². The molecule has 0 atom stereocenters. The van der Waals surface area contributed by atoms with Gasteiger partial charge in [0.1, 0.15) is 5.15 Å². The van der Waals surface area contributed by atoms with Gasteiger partial charge < -0.3 is 5.32 Å². The number of benzene rings is 1. The largest absolute Gasteiger partial charge is 0.320 e. The van der Waals surface area contributed by atoms with E-state index in [2.05, 4.69) is 10.3 Å². The number of halogens is 1. The molecule has 1 N–H and O–H groups in total. The van der Waals surface area contributed by atoms with Gasteiger partial charge >= 0.3 is 0 Å². The van der Waals surface area contributed by atoms with Crippen molar-refractivity contribution in [1.29, 1.82) is 0 Å². The van der Waals surface area contributed by atoms with Crippen molar-refractivity contribution in [3.05, 3.63) is 62.9 Å². The van der Waals surface area contributed by atoms with Crippen LogP contribution in [0.4, 0.5) is 11.4 Å². The Hall–Kier alpha value is -2.47. The molecule has 0 radical (unpaired) electrons. The number of hydrogen-bond donors (Lipinski definition) is 1. The van der Waals surface area contributed by atoms with Crippen LogP contribution in [0.25, 0.3) is 0 Å². The number of nitrogens with one attached hydrogen (secondary N) is 1. The van der Waals surface area contributed by atoms with E-state index < -0.39 is 10.8 Å². The molecule has 7 heteroatoms. The topological polar surface area (TPSA) is 85.1 Å². The monoisotopic (exact) mass is 291 g/mol. The van der Waals surface area contributed by atoms with E-state index in [0.717, 1.165) is 0 Å². The molecule has 1 amide bonds. The molecule has 0 aliphatic heterocycles. The van der Waals surface area contributed by atoms with Gasteiger partial charge in [0.05, 0.1) is 16.3 Å². The van der Waals surface area contributed by atoms with Gasteiger partial charge in [-0.1, -0.05) is 17.7 Å². The second-order valence-corrected chi connectivity index (χ2v) is 4.42. The summed E-state index contributed by atoms with van der Waals surface area (Å²) < 4.78 is 0. The molecular formula is C13H10ClN3O3. The Morgan fingerprint density at radius 3 is 2.75 bits per heavy atom. The minimum absolute atomic E-state index is 0.136. The number of nitro groups is 1. The Bertz CT molecular complexity index is 688. The highest BCUT2D eigenvalue weighted by molar-refractivity contribution is 6.29. The number of non-ortho nitro benzene ring substituents is 1. The summed E-state index contributed by atoms with van der Waals surface area (Å²) >= 11 is 5.73. The zero-order valence-electron chi connectivity index (χ0n) is 10.5. The zero-order chi connectivity index (χ0) is 14.7. The molecule has 102 valence electrons. The summed E-state index contributed by atoms with van der Waals surface area (Å²) in [6.45, 7) is 1.70. The number of nitro benzene ring substituents is 1. The minimum Gasteiger partial charge on any atom is -0.320 e. The Morgan fingerprint density at radius 1 is 1.35 bits per heavy atom. The molecule has 2 aromatic rings. The van der Waals surface area contributed by atoms with Crippen LogP contribution in [0.2, 0.25) is 5.15 Å². The van der Waals surface area contributed by atoms with E-state index in [0.29, 0.717) is 16.5 Å². The van der Waals surface area contributed by atoms with Gasteiger partial charge in [-0.3, -0.25) is 14.9 Å². The van der Waals surface area contributed by atoms with E-state index in [1.807, 2.05) is 0 Å². The minimum atomic E-state index is -0.550. The molecule has 2 rings (SSSR count). The molecule has 20 heavy (non-hydrogen) atoms. The third-order valence-corrected chi connectivity index (χ3v) is 2.83. The van der Waals surface area contributed by atoms with Crippen LogP contribution in [0.15, 0.2) is 36.4 Å². The number of carbonyl (C=O) groups excluding carboxylic acids is 1. The van der Waals surface area contributed by atoms with Gasteiger partial charge in [-0.15, -0.1) is 0 Å². The van der Waals surface area contributed by atoms with Crippen LogP contribution in [0, 0.1) is 17.0 Å². The number of anilines is 1. The van der Waals surface area contributed by atoms with Crippen molar-refractivity contribution in [1.82, 2.24) is 4.98 Å². The maximum atomic E-state index is 12.0. The second kappa shape index (κ2) is 5.66. The number of pyridine rings is 1. The quantitative estimate of drug-likeness (QED) is 0.534. The second-order valence-electron chi connectivity index (χ2n) is 4.03. The predicted octanol–water partition coefficient (Wildman–Crippen LogP) is 3.20.